The molecule has 0 aliphatic heterocycles. The van der Waals surface area contributed by atoms with Gasteiger partial charge in [-0.2, -0.15) is 0 Å². The minimum absolute atomic E-state index is 0.483. The van der Waals surface area contributed by atoms with E-state index in [1.807, 2.05) is 0 Å². The molecule has 1 aliphatic rings. The van der Waals surface area contributed by atoms with Crippen LogP contribution in [0.4, 0.5) is 0 Å². The molecule has 1 aliphatic carbocycles. The summed E-state index contributed by atoms with van der Waals surface area (Å²) in [5.41, 5.74) is 17.2. The minimum atomic E-state index is -0.483. The van der Waals surface area contributed by atoms with Crippen molar-refractivity contribution in [3.8, 4) is 22.3 Å². The summed E-state index contributed by atoms with van der Waals surface area (Å²) in [5.74, 6) is 0. The molecule has 63 heavy (non-hydrogen) atoms. The molecule has 0 N–H and O–H groups in total. The molecule has 3 heterocycles. The molecule has 0 saturated carbocycles. The van der Waals surface area contributed by atoms with Crippen molar-refractivity contribution in [3.63, 3.8) is 0 Å². The highest BCUT2D eigenvalue weighted by Gasteiger charge is 2.46. The van der Waals surface area contributed by atoms with Crippen molar-refractivity contribution in [3.05, 3.63) is 241 Å². The van der Waals surface area contributed by atoms with Crippen molar-refractivity contribution >= 4 is 87.0 Å². The summed E-state index contributed by atoms with van der Waals surface area (Å²) in [5, 5.41) is 12.7. The number of fused-ring (bicyclic) bond motifs is 15. The Hall–Kier alpha value is -8.20. The standard InChI is InChI=1S/C61H36N2/c1-3-16-40(17-4-1)61(41-18-5-2-6-19-41)52-23-11-9-21-43(52)44-30-29-39(34-53(44)61)48-33-38-15-7-8-20-42(38)49-35-51-47-32-28-37-27-31-46-45-22-10-12-24-54(45)62-55-25-13-14-26-56(55)63(57(51)36-50(48)49)60(47)58(37)59(46)62/h1-36H. The molecule has 0 fully saturated rings. The molecule has 0 atom stereocenters. The molecule has 290 valence electrons. The molecule has 2 heteroatoms. The van der Waals surface area contributed by atoms with Crippen LogP contribution in [0.5, 0.6) is 0 Å². The quantitative estimate of drug-likeness (QED) is 0.158. The maximum absolute atomic E-state index is 2.58. The predicted octanol–water partition coefficient (Wildman–Crippen LogP) is 15.7. The topological polar surface area (TPSA) is 8.82 Å². The Kier molecular flexibility index (Phi) is 6.38. The Morgan fingerprint density at radius 1 is 0.286 bits per heavy atom. The lowest BCUT2D eigenvalue weighted by Gasteiger charge is -2.34. The number of hydrogen-bond acceptors (Lipinski definition) is 0. The number of aromatic nitrogens is 2. The number of para-hydroxylation sites is 3. The zero-order valence-corrected chi connectivity index (χ0v) is 34.2. The van der Waals surface area contributed by atoms with E-state index in [1.54, 1.807) is 0 Å². The second-order valence-corrected chi connectivity index (χ2v) is 17.5. The monoisotopic (exact) mass is 796 g/mol. The average Bonchev–Trinajstić information content (AvgIpc) is 3.94. The van der Waals surface area contributed by atoms with Crippen LogP contribution in [0.2, 0.25) is 0 Å². The molecule has 0 radical (unpaired) electrons. The van der Waals surface area contributed by atoms with Crippen LogP contribution in [-0.4, -0.2) is 8.80 Å². The van der Waals surface area contributed by atoms with Gasteiger partial charge in [0.1, 0.15) is 0 Å². The normalized spacial score (nSPS) is 13.5. The van der Waals surface area contributed by atoms with E-state index in [1.165, 1.54) is 131 Å². The number of hydrogen-bond donors (Lipinski definition) is 0. The van der Waals surface area contributed by atoms with E-state index in [9.17, 15) is 0 Å². The van der Waals surface area contributed by atoms with Crippen LogP contribution in [0.25, 0.3) is 109 Å². The van der Waals surface area contributed by atoms with Gasteiger partial charge < -0.3 is 8.80 Å². The summed E-state index contributed by atoms with van der Waals surface area (Å²) in [6.45, 7) is 0. The number of nitrogens with zero attached hydrogens (tertiary/aromatic N) is 2. The Labute approximate surface area is 362 Å². The molecule has 2 nitrogen and oxygen atoms in total. The van der Waals surface area contributed by atoms with Crippen molar-refractivity contribution in [2.75, 3.05) is 0 Å². The average molecular weight is 797 g/mol. The summed E-state index contributed by atoms with van der Waals surface area (Å²) in [4.78, 5) is 0. The van der Waals surface area contributed by atoms with Gasteiger partial charge in [0.25, 0.3) is 0 Å². The number of rotatable bonds is 3. The third kappa shape index (κ3) is 4.14. The fourth-order valence-electron chi connectivity index (χ4n) is 12.1. The highest BCUT2D eigenvalue weighted by atomic mass is 15.0. The van der Waals surface area contributed by atoms with Gasteiger partial charge in [0.15, 0.2) is 0 Å². The van der Waals surface area contributed by atoms with Crippen LogP contribution in [0, 0.1) is 0 Å². The minimum Gasteiger partial charge on any atom is -0.306 e. The van der Waals surface area contributed by atoms with Gasteiger partial charge in [-0.3, -0.25) is 0 Å². The van der Waals surface area contributed by atoms with Crippen molar-refractivity contribution in [2.24, 2.45) is 0 Å². The van der Waals surface area contributed by atoms with E-state index in [0.29, 0.717) is 0 Å². The molecule has 3 aromatic heterocycles. The van der Waals surface area contributed by atoms with Crippen LogP contribution >= 0.6 is 0 Å². The molecule has 0 bridgehead atoms. The van der Waals surface area contributed by atoms with Crippen molar-refractivity contribution in [1.29, 1.82) is 0 Å². The first-order chi connectivity index (χ1) is 31.3. The molecule has 0 amide bonds. The maximum atomic E-state index is 2.58. The highest BCUT2D eigenvalue weighted by molar-refractivity contribution is 6.31. The summed E-state index contributed by atoms with van der Waals surface area (Å²) < 4.78 is 5.10. The third-order valence-electron chi connectivity index (χ3n) is 14.7. The fourth-order valence-corrected chi connectivity index (χ4v) is 12.1. The van der Waals surface area contributed by atoms with Crippen molar-refractivity contribution in [1.82, 2.24) is 8.80 Å². The van der Waals surface area contributed by atoms with Gasteiger partial charge in [-0.05, 0) is 114 Å². The van der Waals surface area contributed by atoms with Gasteiger partial charge in [-0.15, -0.1) is 0 Å². The Bertz CT molecular complexity index is 4210. The first-order valence-electron chi connectivity index (χ1n) is 22.0. The molecular weight excluding hydrogens is 761 g/mol. The van der Waals surface area contributed by atoms with E-state index in [-0.39, 0.29) is 0 Å². The number of benzene rings is 11. The first-order valence-corrected chi connectivity index (χ1v) is 22.0. The van der Waals surface area contributed by atoms with Gasteiger partial charge in [-0.1, -0.05) is 176 Å². The van der Waals surface area contributed by atoms with E-state index < -0.39 is 5.41 Å². The van der Waals surface area contributed by atoms with Gasteiger partial charge in [0.2, 0.25) is 0 Å². The Morgan fingerprint density at radius 2 is 0.873 bits per heavy atom. The molecule has 0 saturated heterocycles. The molecule has 11 aromatic carbocycles. The van der Waals surface area contributed by atoms with E-state index in [0.717, 1.165) is 0 Å². The Morgan fingerprint density at radius 3 is 1.62 bits per heavy atom. The lowest BCUT2D eigenvalue weighted by molar-refractivity contribution is 0.769. The second-order valence-electron chi connectivity index (χ2n) is 17.5. The van der Waals surface area contributed by atoms with Crippen LogP contribution in [0.3, 0.4) is 0 Å². The van der Waals surface area contributed by atoms with E-state index >= 15 is 0 Å². The fraction of sp³-hybridized carbons (Fsp3) is 0.0164. The summed E-state index contributed by atoms with van der Waals surface area (Å²) >= 11 is 0. The van der Waals surface area contributed by atoms with Gasteiger partial charge in [0, 0.05) is 26.9 Å². The van der Waals surface area contributed by atoms with E-state index in [4.69, 9.17) is 0 Å². The lowest BCUT2D eigenvalue weighted by atomic mass is 9.67. The van der Waals surface area contributed by atoms with Crippen LogP contribution in [-0.2, 0) is 5.41 Å². The Balaban J connectivity index is 1.10. The molecule has 0 unspecified atom stereocenters. The first kappa shape index (κ1) is 33.5. The zero-order valence-electron chi connectivity index (χ0n) is 34.2. The molecular formula is C61H36N2. The van der Waals surface area contributed by atoms with Gasteiger partial charge in [-0.25, -0.2) is 0 Å². The maximum Gasteiger partial charge on any atom is 0.0713 e. The SMILES string of the molecule is c1ccc(C2(c3ccccc3)c3ccccc3-c3ccc(-c4cc5ccccc5c5cc6c7ccc8ccc9c%10ccccc%10n%10c%11ccccc%11n(c6cc45)c7c8c9%10)cc32)cc1. The summed E-state index contributed by atoms with van der Waals surface area (Å²) in [6, 6.07) is 82.3. The zero-order chi connectivity index (χ0) is 41.0. The smallest absolute Gasteiger partial charge is 0.0713 e. The predicted molar refractivity (Wildman–Crippen MR) is 265 cm³/mol. The second kappa shape index (κ2) is 12.0. The lowest BCUT2D eigenvalue weighted by Crippen LogP contribution is -2.28. The van der Waals surface area contributed by atoms with Gasteiger partial charge in [0.05, 0.1) is 38.5 Å². The van der Waals surface area contributed by atoms with Gasteiger partial charge >= 0.3 is 0 Å². The van der Waals surface area contributed by atoms with E-state index in [2.05, 4.69) is 227 Å². The highest BCUT2D eigenvalue weighted by Crippen LogP contribution is 2.57. The van der Waals surface area contributed by atoms with Crippen LogP contribution in [0.1, 0.15) is 22.3 Å². The van der Waals surface area contributed by atoms with Crippen molar-refractivity contribution in [2.45, 2.75) is 5.41 Å². The van der Waals surface area contributed by atoms with Crippen LogP contribution in [0.15, 0.2) is 218 Å². The summed E-state index contributed by atoms with van der Waals surface area (Å²) in [7, 11) is 0. The molecule has 0 spiro atoms. The third-order valence-corrected chi connectivity index (χ3v) is 14.7. The molecule has 15 rings (SSSR count). The van der Waals surface area contributed by atoms with Crippen LogP contribution < -0.4 is 0 Å². The molecule has 14 aromatic rings. The summed E-state index contributed by atoms with van der Waals surface area (Å²) in [6.07, 6.45) is 0. The largest absolute Gasteiger partial charge is 0.306 e. The van der Waals surface area contributed by atoms with Crippen molar-refractivity contribution < 1.29 is 0 Å².